The highest BCUT2D eigenvalue weighted by Gasteiger charge is 2.68. The van der Waals surface area contributed by atoms with Crippen LogP contribution in [0, 0.1) is 22.7 Å². The van der Waals surface area contributed by atoms with E-state index in [0.29, 0.717) is 24.9 Å². The standard InChI is InChI=1S/C22H30ClNO3/c1-21(2)14-12-16-19(15-6-4-5-7-17(15)23)27-11-9-22(16,13-14)20(21)24-18(25)8-10-26-3/h4-7,14,16,19-20H,8-13H2,1-3H3,(H,24,25)/t14-,16-,19-,20+,22?/m1/s1. The number of methoxy groups -OCH3 is 1. The van der Waals surface area contributed by atoms with E-state index in [2.05, 4.69) is 25.2 Å². The van der Waals surface area contributed by atoms with Gasteiger partial charge in [-0.05, 0) is 53.6 Å². The molecule has 1 spiro atoms. The van der Waals surface area contributed by atoms with Crippen LogP contribution in [0.2, 0.25) is 5.02 Å². The van der Waals surface area contributed by atoms with Gasteiger partial charge in [-0.15, -0.1) is 0 Å². The molecule has 2 saturated carbocycles. The highest BCUT2D eigenvalue weighted by atomic mass is 35.5. The number of amides is 1. The van der Waals surface area contributed by atoms with Gasteiger partial charge in [0.25, 0.3) is 0 Å². The number of nitrogens with one attached hydrogen (secondary N) is 1. The summed E-state index contributed by atoms with van der Waals surface area (Å²) in [6.07, 6.45) is 3.76. The number of fused-ring (bicyclic) bond motifs is 1. The van der Waals surface area contributed by atoms with Crippen molar-refractivity contribution in [1.29, 1.82) is 0 Å². The van der Waals surface area contributed by atoms with E-state index in [-0.39, 0.29) is 28.9 Å². The minimum Gasteiger partial charge on any atom is -0.384 e. The molecule has 3 aliphatic rings. The monoisotopic (exact) mass is 391 g/mol. The Kier molecular flexibility index (Phi) is 5.02. The number of ether oxygens (including phenoxy) is 2. The summed E-state index contributed by atoms with van der Waals surface area (Å²) in [5, 5.41) is 4.18. The van der Waals surface area contributed by atoms with Gasteiger partial charge in [0.1, 0.15) is 0 Å². The van der Waals surface area contributed by atoms with Gasteiger partial charge >= 0.3 is 0 Å². The van der Waals surface area contributed by atoms with E-state index < -0.39 is 0 Å². The van der Waals surface area contributed by atoms with Gasteiger partial charge in [-0.3, -0.25) is 4.79 Å². The Hall–Kier alpha value is -1.10. The highest BCUT2D eigenvalue weighted by molar-refractivity contribution is 6.31. The van der Waals surface area contributed by atoms with E-state index in [0.717, 1.165) is 30.0 Å². The van der Waals surface area contributed by atoms with Crippen LogP contribution in [0.5, 0.6) is 0 Å². The molecular formula is C22H30ClNO3. The molecule has 5 heteroatoms. The summed E-state index contributed by atoms with van der Waals surface area (Å²) in [4.78, 5) is 12.6. The van der Waals surface area contributed by atoms with Crippen molar-refractivity contribution in [2.24, 2.45) is 22.7 Å². The number of hydrogen-bond acceptors (Lipinski definition) is 3. The Morgan fingerprint density at radius 2 is 2.15 bits per heavy atom. The molecule has 1 saturated heterocycles. The molecule has 0 aromatic heterocycles. The Labute approximate surface area is 166 Å². The molecule has 1 aromatic rings. The predicted molar refractivity (Wildman–Crippen MR) is 106 cm³/mol. The van der Waals surface area contributed by atoms with E-state index in [9.17, 15) is 4.79 Å². The van der Waals surface area contributed by atoms with Crippen molar-refractivity contribution >= 4 is 17.5 Å². The molecular weight excluding hydrogens is 362 g/mol. The van der Waals surface area contributed by atoms with Crippen LogP contribution in [0.1, 0.15) is 51.2 Å². The van der Waals surface area contributed by atoms with E-state index in [1.54, 1.807) is 7.11 Å². The molecule has 27 heavy (non-hydrogen) atoms. The maximum absolute atomic E-state index is 12.6. The molecule has 2 aliphatic carbocycles. The van der Waals surface area contributed by atoms with E-state index in [4.69, 9.17) is 21.1 Å². The fourth-order valence-electron chi connectivity index (χ4n) is 6.23. The van der Waals surface area contributed by atoms with Crippen LogP contribution in [-0.4, -0.2) is 32.3 Å². The van der Waals surface area contributed by atoms with Crippen molar-refractivity contribution in [3.8, 4) is 0 Å². The van der Waals surface area contributed by atoms with Gasteiger partial charge in [0.2, 0.25) is 5.91 Å². The predicted octanol–water partition coefficient (Wildman–Crippen LogP) is 4.38. The van der Waals surface area contributed by atoms with Gasteiger partial charge in [-0.1, -0.05) is 43.6 Å². The Bertz CT molecular complexity index is 721. The van der Waals surface area contributed by atoms with Gasteiger partial charge in [0.05, 0.1) is 12.7 Å². The van der Waals surface area contributed by atoms with Crippen LogP contribution in [0.3, 0.4) is 0 Å². The number of benzene rings is 1. The van der Waals surface area contributed by atoms with Gasteiger partial charge in [0.15, 0.2) is 0 Å². The quantitative estimate of drug-likeness (QED) is 0.810. The summed E-state index contributed by atoms with van der Waals surface area (Å²) >= 11 is 6.52. The van der Waals surface area contributed by atoms with E-state index in [1.165, 1.54) is 6.42 Å². The van der Waals surface area contributed by atoms with Gasteiger partial charge in [-0.25, -0.2) is 0 Å². The van der Waals surface area contributed by atoms with Crippen molar-refractivity contribution in [3.05, 3.63) is 34.9 Å². The number of hydrogen-bond donors (Lipinski definition) is 1. The van der Waals surface area contributed by atoms with E-state index in [1.807, 2.05) is 18.2 Å². The first-order chi connectivity index (χ1) is 12.9. The minimum atomic E-state index is 0.0203. The number of carbonyl (C=O) groups excluding carboxylic acids is 1. The summed E-state index contributed by atoms with van der Waals surface area (Å²) in [7, 11) is 1.64. The molecule has 1 heterocycles. The number of carbonyl (C=O) groups is 1. The fraction of sp³-hybridized carbons (Fsp3) is 0.682. The van der Waals surface area contributed by atoms with Crippen molar-refractivity contribution in [3.63, 3.8) is 0 Å². The van der Waals surface area contributed by atoms with Crippen LogP contribution in [0.25, 0.3) is 0 Å². The van der Waals surface area contributed by atoms with Crippen molar-refractivity contribution in [1.82, 2.24) is 5.32 Å². The number of halogens is 1. The Morgan fingerprint density at radius 1 is 1.37 bits per heavy atom. The molecule has 1 aromatic carbocycles. The first-order valence-electron chi connectivity index (χ1n) is 10.0. The van der Waals surface area contributed by atoms with Crippen molar-refractivity contribution in [2.45, 2.75) is 51.7 Å². The lowest BCUT2D eigenvalue weighted by Crippen LogP contribution is -2.59. The maximum Gasteiger partial charge on any atom is 0.222 e. The molecule has 4 rings (SSSR count). The van der Waals surface area contributed by atoms with Crippen LogP contribution in [0.15, 0.2) is 24.3 Å². The van der Waals surface area contributed by atoms with Gasteiger partial charge < -0.3 is 14.8 Å². The largest absolute Gasteiger partial charge is 0.384 e. The Balaban J connectivity index is 1.64. The lowest BCUT2D eigenvalue weighted by atomic mass is 9.59. The molecule has 1 unspecified atom stereocenters. The average molecular weight is 392 g/mol. The van der Waals surface area contributed by atoms with Gasteiger partial charge in [0, 0.05) is 31.2 Å². The second-order valence-electron chi connectivity index (χ2n) is 9.10. The molecule has 4 nitrogen and oxygen atoms in total. The molecule has 1 N–H and O–H groups in total. The van der Waals surface area contributed by atoms with Crippen molar-refractivity contribution in [2.75, 3.05) is 20.3 Å². The summed E-state index contributed by atoms with van der Waals surface area (Å²) in [5.41, 5.74) is 1.29. The maximum atomic E-state index is 12.6. The number of rotatable bonds is 5. The third-order valence-electron chi connectivity index (χ3n) is 7.56. The zero-order valence-electron chi connectivity index (χ0n) is 16.5. The van der Waals surface area contributed by atoms with Crippen LogP contribution < -0.4 is 5.32 Å². The Morgan fingerprint density at radius 3 is 2.89 bits per heavy atom. The van der Waals surface area contributed by atoms with Crippen LogP contribution >= 0.6 is 11.6 Å². The summed E-state index contributed by atoms with van der Waals surface area (Å²) in [5.74, 6) is 1.09. The third kappa shape index (κ3) is 3.01. The molecule has 5 atom stereocenters. The summed E-state index contributed by atoms with van der Waals surface area (Å²) in [6, 6.07) is 8.21. The van der Waals surface area contributed by atoms with Crippen molar-refractivity contribution < 1.29 is 14.3 Å². The second kappa shape index (κ2) is 7.06. The third-order valence-corrected chi connectivity index (χ3v) is 7.90. The average Bonchev–Trinajstić information content (AvgIpc) is 3.13. The lowest BCUT2D eigenvalue weighted by molar-refractivity contribution is -0.137. The molecule has 3 fully saturated rings. The zero-order valence-corrected chi connectivity index (χ0v) is 17.2. The highest BCUT2D eigenvalue weighted by Crippen LogP contribution is 2.70. The first-order valence-corrected chi connectivity index (χ1v) is 10.4. The molecule has 148 valence electrons. The zero-order chi connectivity index (χ0) is 19.2. The molecule has 0 radical (unpaired) electrons. The smallest absolute Gasteiger partial charge is 0.222 e. The molecule has 1 aliphatic heterocycles. The topological polar surface area (TPSA) is 47.6 Å². The minimum absolute atomic E-state index is 0.0203. The lowest BCUT2D eigenvalue weighted by Gasteiger charge is -2.53. The van der Waals surface area contributed by atoms with Crippen LogP contribution in [0.4, 0.5) is 0 Å². The second-order valence-corrected chi connectivity index (χ2v) is 9.51. The van der Waals surface area contributed by atoms with Crippen LogP contribution in [-0.2, 0) is 14.3 Å². The van der Waals surface area contributed by atoms with Gasteiger partial charge in [-0.2, -0.15) is 0 Å². The summed E-state index contributed by atoms with van der Waals surface area (Å²) < 4.78 is 11.4. The molecule has 2 bridgehead atoms. The fourth-order valence-corrected chi connectivity index (χ4v) is 6.47. The van der Waals surface area contributed by atoms with E-state index >= 15 is 0 Å². The summed E-state index contributed by atoms with van der Waals surface area (Å²) in [6.45, 7) is 5.83. The molecule has 1 amide bonds. The SMILES string of the molecule is COCCC(=O)N[C@H]1C(C)(C)[C@@H]2C[C@@H]3[C@@H](c4ccccc4Cl)OCCC31C2. The normalized spacial score (nSPS) is 36.4. The first kappa shape index (κ1) is 19.2.